The molecule has 1 aliphatic rings. The molecular formula is C9H14O4. The van der Waals surface area contributed by atoms with E-state index in [-0.39, 0.29) is 0 Å². The molecular weight excluding hydrogens is 172 g/mol. The van der Waals surface area contributed by atoms with E-state index in [4.69, 9.17) is 10.2 Å². The van der Waals surface area contributed by atoms with Crippen LogP contribution in [0.3, 0.4) is 0 Å². The van der Waals surface area contributed by atoms with Crippen molar-refractivity contribution in [3.05, 3.63) is 0 Å². The van der Waals surface area contributed by atoms with Crippen LogP contribution in [-0.4, -0.2) is 22.2 Å². The third-order valence-electron chi connectivity index (χ3n) is 3.14. The predicted molar refractivity (Wildman–Crippen MR) is 45.3 cm³/mol. The molecule has 1 saturated carbocycles. The fourth-order valence-corrected chi connectivity index (χ4v) is 2.20. The largest absolute Gasteiger partial charge is 0.481 e. The van der Waals surface area contributed by atoms with Crippen LogP contribution in [0.1, 0.15) is 26.7 Å². The number of rotatable bonds is 2. The van der Waals surface area contributed by atoms with Crippen molar-refractivity contribution < 1.29 is 19.8 Å². The lowest BCUT2D eigenvalue weighted by Gasteiger charge is -2.27. The molecule has 0 aliphatic heterocycles. The Kier molecular flexibility index (Phi) is 2.32. The molecule has 4 nitrogen and oxygen atoms in total. The normalized spacial score (nSPS) is 31.5. The average molecular weight is 186 g/mol. The zero-order valence-electron chi connectivity index (χ0n) is 7.78. The number of carbonyl (C=O) groups is 2. The van der Waals surface area contributed by atoms with Crippen LogP contribution in [0.5, 0.6) is 0 Å². The van der Waals surface area contributed by atoms with E-state index >= 15 is 0 Å². The van der Waals surface area contributed by atoms with Gasteiger partial charge in [-0.05, 0) is 18.3 Å². The van der Waals surface area contributed by atoms with Crippen LogP contribution >= 0.6 is 0 Å². The summed E-state index contributed by atoms with van der Waals surface area (Å²) >= 11 is 0. The van der Waals surface area contributed by atoms with Crippen LogP contribution in [0.25, 0.3) is 0 Å². The van der Waals surface area contributed by atoms with Gasteiger partial charge in [0.2, 0.25) is 0 Å². The van der Waals surface area contributed by atoms with Crippen molar-refractivity contribution in [2.24, 2.45) is 17.3 Å². The summed E-state index contributed by atoms with van der Waals surface area (Å²) in [7, 11) is 0. The number of carboxylic acid groups (broad SMARTS) is 2. The molecule has 0 saturated heterocycles. The van der Waals surface area contributed by atoms with Gasteiger partial charge in [0.15, 0.2) is 0 Å². The Morgan fingerprint density at radius 1 is 1.08 bits per heavy atom. The summed E-state index contributed by atoms with van der Waals surface area (Å²) in [5, 5.41) is 17.7. The Hall–Kier alpha value is -1.06. The zero-order valence-corrected chi connectivity index (χ0v) is 7.78. The van der Waals surface area contributed by atoms with Gasteiger partial charge >= 0.3 is 11.9 Å². The van der Waals surface area contributed by atoms with Crippen LogP contribution in [0.4, 0.5) is 0 Å². The van der Waals surface area contributed by atoms with E-state index in [0.29, 0.717) is 12.8 Å². The molecule has 1 unspecified atom stereocenters. The summed E-state index contributed by atoms with van der Waals surface area (Å²) in [6, 6.07) is 0. The molecule has 0 aromatic carbocycles. The van der Waals surface area contributed by atoms with Gasteiger partial charge in [-0.1, -0.05) is 13.8 Å². The summed E-state index contributed by atoms with van der Waals surface area (Å²) in [6.07, 6.45) is 0.943. The zero-order chi connectivity index (χ0) is 10.2. The number of hydrogen-bond donors (Lipinski definition) is 2. The summed E-state index contributed by atoms with van der Waals surface area (Å²) in [5.41, 5.74) is -0.627. The van der Waals surface area contributed by atoms with Gasteiger partial charge in [0.25, 0.3) is 0 Å². The number of aliphatic carboxylic acids is 2. The maximum atomic E-state index is 10.8. The Bertz CT molecular complexity index is 220. The summed E-state index contributed by atoms with van der Waals surface area (Å²) in [5.74, 6) is -2.80. The Morgan fingerprint density at radius 3 is 1.54 bits per heavy atom. The van der Waals surface area contributed by atoms with Gasteiger partial charge < -0.3 is 10.2 Å². The molecule has 0 aromatic heterocycles. The van der Waals surface area contributed by atoms with Gasteiger partial charge in [-0.2, -0.15) is 0 Å². The Balaban J connectivity index is 2.88. The average Bonchev–Trinajstić information content (AvgIpc) is 2.24. The summed E-state index contributed by atoms with van der Waals surface area (Å²) in [4.78, 5) is 21.6. The first-order valence-electron chi connectivity index (χ1n) is 4.33. The molecule has 0 radical (unpaired) electrons. The molecule has 0 heterocycles. The molecule has 1 aliphatic carbocycles. The smallest absolute Gasteiger partial charge is 0.307 e. The van der Waals surface area contributed by atoms with Crippen LogP contribution in [0, 0.1) is 17.3 Å². The minimum absolute atomic E-state index is 0.472. The molecule has 4 heteroatoms. The maximum absolute atomic E-state index is 10.8. The molecule has 0 bridgehead atoms. The highest BCUT2D eigenvalue weighted by Crippen LogP contribution is 2.47. The highest BCUT2D eigenvalue weighted by atomic mass is 16.4. The summed E-state index contributed by atoms with van der Waals surface area (Å²) in [6.45, 7) is 3.44. The lowest BCUT2D eigenvalue weighted by Crippen LogP contribution is -2.34. The van der Waals surface area contributed by atoms with Gasteiger partial charge in [0.1, 0.15) is 0 Å². The van der Waals surface area contributed by atoms with Crippen molar-refractivity contribution in [2.75, 3.05) is 0 Å². The van der Waals surface area contributed by atoms with E-state index in [0.717, 1.165) is 0 Å². The molecule has 1 fully saturated rings. The molecule has 0 spiro atoms. The second-order valence-electron chi connectivity index (χ2n) is 4.18. The van der Waals surface area contributed by atoms with Gasteiger partial charge in [0.05, 0.1) is 11.8 Å². The Labute approximate surface area is 76.6 Å². The molecule has 1 rings (SSSR count). The fourth-order valence-electron chi connectivity index (χ4n) is 2.20. The first kappa shape index (κ1) is 10.0. The highest BCUT2D eigenvalue weighted by Gasteiger charge is 2.49. The van der Waals surface area contributed by atoms with Gasteiger partial charge in [-0.15, -0.1) is 0 Å². The monoisotopic (exact) mass is 186 g/mol. The minimum atomic E-state index is -0.881. The van der Waals surface area contributed by atoms with Crippen LogP contribution in [0.2, 0.25) is 0 Å². The van der Waals surface area contributed by atoms with Crippen molar-refractivity contribution in [3.63, 3.8) is 0 Å². The minimum Gasteiger partial charge on any atom is -0.481 e. The predicted octanol–water partition coefficient (Wildman–Crippen LogP) is 1.21. The lowest BCUT2D eigenvalue weighted by atomic mass is 9.75. The van der Waals surface area contributed by atoms with E-state index in [1.54, 1.807) is 13.8 Å². The molecule has 0 aromatic rings. The molecule has 13 heavy (non-hydrogen) atoms. The van der Waals surface area contributed by atoms with Crippen molar-refractivity contribution in [3.8, 4) is 0 Å². The first-order chi connectivity index (χ1) is 5.87. The SMILES string of the molecule is CC1(C)C(C(=O)O)CC[C@H]1C(=O)O. The highest BCUT2D eigenvalue weighted by molar-refractivity contribution is 5.77. The van der Waals surface area contributed by atoms with E-state index in [1.165, 1.54) is 0 Å². The van der Waals surface area contributed by atoms with E-state index in [9.17, 15) is 9.59 Å². The lowest BCUT2D eigenvalue weighted by molar-refractivity contribution is -0.149. The topological polar surface area (TPSA) is 74.6 Å². The van der Waals surface area contributed by atoms with Crippen LogP contribution < -0.4 is 0 Å². The van der Waals surface area contributed by atoms with Gasteiger partial charge in [-0.3, -0.25) is 9.59 Å². The van der Waals surface area contributed by atoms with Gasteiger partial charge in [-0.25, -0.2) is 0 Å². The molecule has 2 N–H and O–H groups in total. The second kappa shape index (κ2) is 3.01. The summed E-state index contributed by atoms with van der Waals surface area (Å²) < 4.78 is 0. The second-order valence-corrected chi connectivity index (χ2v) is 4.18. The Morgan fingerprint density at radius 2 is 1.38 bits per heavy atom. The van der Waals surface area contributed by atoms with Crippen molar-refractivity contribution in [2.45, 2.75) is 26.7 Å². The molecule has 0 amide bonds. The van der Waals surface area contributed by atoms with Crippen molar-refractivity contribution in [1.29, 1.82) is 0 Å². The third-order valence-corrected chi connectivity index (χ3v) is 3.14. The number of hydrogen-bond acceptors (Lipinski definition) is 2. The maximum Gasteiger partial charge on any atom is 0.307 e. The van der Waals surface area contributed by atoms with E-state index in [2.05, 4.69) is 0 Å². The van der Waals surface area contributed by atoms with Crippen molar-refractivity contribution >= 4 is 11.9 Å². The van der Waals surface area contributed by atoms with Crippen molar-refractivity contribution in [1.82, 2.24) is 0 Å². The van der Waals surface area contributed by atoms with Crippen LogP contribution in [-0.2, 0) is 9.59 Å². The quantitative estimate of drug-likeness (QED) is 0.679. The molecule has 74 valence electrons. The van der Waals surface area contributed by atoms with Gasteiger partial charge in [0, 0.05) is 0 Å². The van der Waals surface area contributed by atoms with E-state index in [1.807, 2.05) is 0 Å². The molecule has 2 atom stereocenters. The van der Waals surface area contributed by atoms with E-state index < -0.39 is 29.2 Å². The van der Waals surface area contributed by atoms with Crippen LogP contribution in [0.15, 0.2) is 0 Å². The first-order valence-corrected chi connectivity index (χ1v) is 4.33. The number of carboxylic acids is 2. The third kappa shape index (κ3) is 1.53. The standard InChI is InChI=1S/C9H14O4/c1-9(2)5(7(10)11)3-4-6(9)8(12)13/h5-6H,3-4H2,1-2H3,(H,10,11)(H,12,13)/t5-,6?/m0/s1. The fraction of sp³-hybridized carbons (Fsp3) is 0.778.